The molecule has 5 nitrogen and oxygen atoms in total. The summed E-state index contributed by atoms with van der Waals surface area (Å²) in [5, 5.41) is 4.08. The van der Waals surface area contributed by atoms with Gasteiger partial charge in [0.25, 0.3) is 0 Å². The van der Waals surface area contributed by atoms with E-state index in [-0.39, 0.29) is 17.6 Å². The van der Waals surface area contributed by atoms with Gasteiger partial charge in [-0.05, 0) is 48.7 Å². The monoisotopic (exact) mass is 496 g/mol. The molecule has 0 radical (unpaired) electrons. The van der Waals surface area contributed by atoms with Gasteiger partial charge in [-0.2, -0.15) is 0 Å². The number of ether oxygens (including phenoxy) is 1. The predicted molar refractivity (Wildman–Crippen MR) is 134 cm³/mol. The summed E-state index contributed by atoms with van der Waals surface area (Å²) in [6, 6.07) is 12.3. The molecule has 0 saturated carbocycles. The van der Waals surface area contributed by atoms with E-state index in [0.717, 1.165) is 24.0 Å². The molecule has 0 aliphatic rings. The van der Waals surface area contributed by atoms with Crippen LogP contribution in [-0.2, 0) is 21.9 Å². The average Bonchev–Trinajstić information content (AvgIpc) is 2.78. The number of benzene rings is 2. The Bertz CT molecular complexity index is 911. The Morgan fingerprint density at radius 2 is 1.97 bits per heavy atom. The molecule has 174 valence electrons. The summed E-state index contributed by atoms with van der Waals surface area (Å²) >= 11 is 13.6. The lowest BCUT2D eigenvalue weighted by atomic mass is 10.1. The standard InChI is InChI=1S/C24H30Cl2N2O3S/c1-4-5-11-27-24(30)17(2)28(14-18-7-6-8-21(12-18)31-3)23(29)16-32-15-19-9-10-20(25)13-22(19)26/h6-10,12-13,17H,4-5,11,14-16H2,1-3H3,(H,27,30). The van der Waals surface area contributed by atoms with Crippen molar-refractivity contribution >= 4 is 46.8 Å². The maximum absolute atomic E-state index is 13.1. The summed E-state index contributed by atoms with van der Waals surface area (Å²) in [4.78, 5) is 27.4. The number of thioether (sulfide) groups is 1. The van der Waals surface area contributed by atoms with Gasteiger partial charge >= 0.3 is 0 Å². The fourth-order valence-electron chi connectivity index (χ4n) is 3.06. The first kappa shape index (κ1) is 26.4. The fourth-order valence-corrected chi connectivity index (χ4v) is 4.52. The van der Waals surface area contributed by atoms with Gasteiger partial charge in [0, 0.05) is 28.9 Å². The second kappa shape index (κ2) is 13.6. The van der Waals surface area contributed by atoms with Gasteiger partial charge in [-0.25, -0.2) is 0 Å². The molecule has 1 atom stereocenters. The molecule has 1 unspecified atom stereocenters. The highest BCUT2D eigenvalue weighted by Gasteiger charge is 2.26. The van der Waals surface area contributed by atoms with Crippen LogP contribution in [0.4, 0.5) is 0 Å². The van der Waals surface area contributed by atoms with E-state index in [1.54, 1.807) is 31.1 Å². The van der Waals surface area contributed by atoms with Gasteiger partial charge in [0.1, 0.15) is 11.8 Å². The Hall–Kier alpha value is -1.89. The highest BCUT2D eigenvalue weighted by Crippen LogP contribution is 2.25. The number of nitrogens with zero attached hydrogens (tertiary/aromatic N) is 1. The second-order valence-corrected chi connectivity index (χ2v) is 9.25. The summed E-state index contributed by atoms with van der Waals surface area (Å²) in [5.74, 6) is 1.25. The highest BCUT2D eigenvalue weighted by molar-refractivity contribution is 7.99. The molecular formula is C24H30Cl2N2O3S. The Labute approximate surface area is 204 Å². The van der Waals surface area contributed by atoms with Crippen molar-refractivity contribution in [2.24, 2.45) is 0 Å². The summed E-state index contributed by atoms with van der Waals surface area (Å²) in [6.07, 6.45) is 1.89. The van der Waals surface area contributed by atoms with Crippen molar-refractivity contribution in [1.82, 2.24) is 10.2 Å². The zero-order valence-electron chi connectivity index (χ0n) is 18.7. The quantitative estimate of drug-likeness (QED) is 0.390. The zero-order chi connectivity index (χ0) is 23.5. The predicted octanol–water partition coefficient (Wildman–Crippen LogP) is 5.57. The number of hydrogen-bond acceptors (Lipinski definition) is 4. The Balaban J connectivity index is 2.08. The number of nitrogens with one attached hydrogen (secondary N) is 1. The molecule has 0 bridgehead atoms. The van der Waals surface area contributed by atoms with E-state index in [1.165, 1.54) is 11.8 Å². The van der Waals surface area contributed by atoms with E-state index in [9.17, 15) is 9.59 Å². The fraction of sp³-hybridized carbons (Fsp3) is 0.417. The lowest BCUT2D eigenvalue weighted by Gasteiger charge is -2.29. The highest BCUT2D eigenvalue weighted by atomic mass is 35.5. The molecule has 0 aliphatic carbocycles. The van der Waals surface area contributed by atoms with Crippen LogP contribution in [-0.4, -0.2) is 42.2 Å². The molecule has 0 saturated heterocycles. The number of rotatable bonds is 12. The van der Waals surface area contributed by atoms with Gasteiger partial charge in [-0.15, -0.1) is 11.8 Å². The first-order valence-corrected chi connectivity index (χ1v) is 12.5. The molecule has 2 amide bonds. The van der Waals surface area contributed by atoms with Crippen LogP contribution < -0.4 is 10.1 Å². The minimum atomic E-state index is -0.592. The van der Waals surface area contributed by atoms with Crippen molar-refractivity contribution in [3.8, 4) is 5.75 Å². The molecule has 2 aromatic carbocycles. The zero-order valence-corrected chi connectivity index (χ0v) is 21.0. The first-order chi connectivity index (χ1) is 15.3. The van der Waals surface area contributed by atoms with Crippen molar-refractivity contribution in [2.45, 2.75) is 45.0 Å². The Morgan fingerprint density at radius 1 is 1.19 bits per heavy atom. The van der Waals surface area contributed by atoms with Crippen LogP contribution in [0.1, 0.15) is 37.8 Å². The molecule has 2 aromatic rings. The second-order valence-electron chi connectivity index (χ2n) is 7.42. The van der Waals surface area contributed by atoms with Crippen LogP contribution in [0.3, 0.4) is 0 Å². The third-order valence-corrected chi connectivity index (χ3v) is 6.54. The lowest BCUT2D eigenvalue weighted by molar-refractivity contribution is -0.138. The van der Waals surface area contributed by atoms with E-state index in [1.807, 2.05) is 30.3 Å². The normalized spacial score (nSPS) is 11.7. The van der Waals surface area contributed by atoms with E-state index < -0.39 is 6.04 Å². The van der Waals surface area contributed by atoms with Crippen LogP contribution >= 0.6 is 35.0 Å². The summed E-state index contributed by atoms with van der Waals surface area (Å²) in [6.45, 7) is 4.75. The molecule has 0 fully saturated rings. The first-order valence-electron chi connectivity index (χ1n) is 10.6. The molecular weight excluding hydrogens is 467 g/mol. The van der Waals surface area contributed by atoms with Crippen LogP contribution in [0.5, 0.6) is 5.75 Å². The van der Waals surface area contributed by atoms with Gasteiger partial charge < -0.3 is 15.0 Å². The average molecular weight is 497 g/mol. The van der Waals surface area contributed by atoms with E-state index in [0.29, 0.717) is 34.6 Å². The van der Waals surface area contributed by atoms with Gasteiger partial charge in [0.05, 0.1) is 12.9 Å². The number of hydrogen-bond donors (Lipinski definition) is 1. The summed E-state index contributed by atoms with van der Waals surface area (Å²) < 4.78 is 5.30. The molecule has 0 aromatic heterocycles. The number of carbonyl (C=O) groups excluding carboxylic acids is 2. The molecule has 32 heavy (non-hydrogen) atoms. The largest absolute Gasteiger partial charge is 0.497 e. The van der Waals surface area contributed by atoms with Gasteiger partial charge in [-0.3, -0.25) is 9.59 Å². The van der Waals surface area contributed by atoms with E-state index >= 15 is 0 Å². The van der Waals surface area contributed by atoms with Gasteiger partial charge in [0.15, 0.2) is 0 Å². The maximum Gasteiger partial charge on any atom is 0.242 e. The van der Waals surface area contributed by atoms with Crippen LogP contribution in [0, 0.1) is 0 Å². The van der Waals surface area contributed by atoms with Crippen molar-refractivity contribution in [3.05, 3.63) is 63.6 Å². The molecule has 8 heteroatoms. The number of amides is 2. The minimum absolute atomic E-state index is 0.110. The number of methoxy groups -OCH3 is 1. The number of carbonyl (C=O) groups is 2. The van der Waals surface area contributed by atoms with Crippen LogP contribution in [0.25, 0.3) is 0 Å². The van der Waals surface area contributed by atoms with Crippen LogP contribution in [0.15, 0.2) is 42.5 Å². The smallest absolute Gasteiger partial charge is 0.242 e. The molecule has 0 aliphatic heterocycles. The van der Waals surface area contributed by atoms with Crippen molar-refractivity contribution < 1.29 is 14.3 Å². The van der Waals surface area contributed by atoms with Crippen molar-refractivity contribution in [3.63, 3.8) is 0 Å². The Kier molecular flexibility index (Phi) is 11.2. The van der Waals surface area contributed by atoms with Gasteiger partial charge in [-0.1, -0.05) is 54.7 Å². The molecule has 0 spiro atoms. The maximum atomic E-state index is 13.1. The van der Waals surface area contributed by atoms with Gasteiger partial charge in [0.2, 0.25) is 11.8 Å². The van der Waals surface area contributed by atoms with Crippen LogP contribution in [0.2, 0.25) is 10.0 Å². The third kappa shape index (κ3) is 8.23. The van der Waals surface area contributed by atoms with Crippen molar-refractivity contribution in [2.75, 3.05) is 19.4 Å². The third-order valence-electron chi connectivity index (χ3n) is 4.98. The van der Waals surface area contributed by atoms with Crippen molar-refractivity contribution in [1.29, 1.82) is 0 Å². The number of unbranched alkanes of at least 4 members (excludes halogenated alkanes) is 1. The molecule has 1 N–H and O–H groups in total. The lowest BCUT2D eigenvalue weighted by Crippen LogP contribution is -2.48. The molecule has 0 heterocycles. The summed E-state index contributed by atoms with van der Waals surface area (Å²) in [5.41, 5.74) is 1.82. The molecule has 2 rings (SSSR count). The number of halogens is 2. The van der Waals surface area contributed by atoms with E-state index in [4.69, 9.17) is 27.9 Å². The van der Waals surface area contributed by atoms with E-state index in [2.05, 4.69) is 12.2 Å². The topological polar surface area (TPSA) is 58.6 Å². The minimum Gasteiger partial charge on any atom is -0.497 e. The Morgan fingerprint density at radius 3 is 2.66 bits per heavy atom. The SMILES string of the molecule is CCCCNC(=O)C(C)N(Cc1cccc(OC)c1)C(=O)CSCc1ccc(Cl)cc1Cl. The summed E-state index contributed by atoms with van der Waals surface area (Å²) in [7, 11) is 1.60.